The second-order valence-corrected chi connectivity index (χ2v) is 4.97. The summed E-state index contributed by atoms with van der Waals surface area (Å²) < 4.78 is 1.17. The molecule has 0 amide bonds. The van der Waals surface area contributed by atoms with E-state index in [4.69, 9.17) is 0 Å². The molecule has 0 saturated carbocycles. The molecule has 1 heterocycles. The zero-order valence-corrected chi connectivity index (χ0v) is 12.2. The third-order valence-corrected chi connectivity index (χ3v) is 3.47. The number of carboxylic acids is 1. The normalized spacial score (nSPS) is 10.7. The molecular weight excluding hydrogens is 296 g/mol. The SMILES string of the molecule is CC(=O)c1nc2ccccc2n1C(=O)c1ccccc1C(=O)O. The predicted octanol–water partition coefficient (Wildman–Crippen LogP) is 2.63. The van der Waals surface area contributed by atoms with Crippen molar-refractivity contribution in [1.29, 1.82) is 0 Å². The van der Waals surface area contributed by atoms with Crippen LogP contribution in [0.25, 0.3) is 11.0 Å². The first-order valence-electron chi connectivity index (χ1n) is 6.86. The first kappa shape index (κ1) is 14.6. The molecule has 6 nitrogen and oxygen atoms in total. The molecule has 0 atom stereocenters. The Morgan fingerprint density at radius 2 is 1.57 bits per heavy atom. The summed E-state index contributed by atoms with van der Waals surface area (Å²) in [6, 6.07) is 12.7. The topological polar surface area (TPSA) is 89.3 Å². The summed E-state index contributed by atoms with van der Waals surface area (Å²) in [5, 5.41) is 9.26. The van der Waals surface area contributed by atoms with Crippen LogP contribution in [0.2, 0.25) is 0 Å². The number of carbonyl (C=O) groups excluding carboxylic acids is 2. The number of benzene rings is 2. The van der Waals surface area contributed by atoms with Crippen LogP contribution in [0.1, 0.15) is 38.3 Å². The zero-order valence-electron chi connectivity index (χ0n) is 12.2. The maximum absolute atomic E-state index is 12.9. The standard InChI is InChI=1S/C17H12N2O4/c1-10(20)15-18-13-8-4-5-9-14(13)19(15)16(21)11-6-2-3-7-12(11)17(22)23/h2-9H,1H3,(H,22,23). The number of hydrogen-bond acceptors (Lipinski definition) is 4. The minimum absolute atomic E-state index is 0.00523. The number of aromatic nitrogens is 2. The van der Waals surface area contributed by atoms with Crippen molar-refractivity contribution in [3.8, 4) is 0 Å². The van der Waals surface area contributed by atoms with Crippen LogP contribution in [0.3, 0.4) is 0 Å². The number of imidazole rings is 1. The molecule has 3 rings (SSSR count). The largest absolute Gasteiger partial charge is 0.478 e. The van der Waals surface area contributed by atoms with Crippen LogP contribution in [0.15, 0.2) is 48.5 Å². The van der Waals surface area contributed by atoms with Crippen molar-refractivity contribution in [2.45, 2.75) is 6.92 Å². The number of para-hydroxylation sites is 2. The molecule has 0 saturated heterocycles. The van der Waals surface area contributed by atoms with Crippen molar-refractivity contribution in [3.63, 3.8) is 0 Å². The van der Waals surface area contributed by atoms with Gasteiger partial charge < -0.3 is 5.11 Å². The number of aromatic carboxylic acids is 1. The van der Waals surface area contributed by atoms with Crippen LogP contribution in [-0.4, -0.2) is 32.3 Å². The van der Waals surface area contributed by atoms with E-state index in [1.54, 1.807) is 30.3 Å². The van der Waals surface area contributed by atoms with Gasteiger partial charge in [-0.05, 0) is 24.3 Å². The van der Waals surface area contributed by atoms with Crippen molar-refractivity contribution < 1.29 is 19.5 Å². The Hall–Kier alpha value is -3.28. The highest BCUT2D eigenvalue weighted by Gasteiger charge is 2.24. The zero-order chi connectivity index (χ0) is 16.6. The van der Waals surface area contributed by atoms with E-state index in [9.17, 15) is 19.5 Å². The lowest BCUT2D eigenvalue weighted by atomic mass is 10.1. The second-order valence-electron chi connectivity index (χ2n) is 4.97. The smallest absolute Gasteiger partial charge is 0.336 e. The van der Waals surface area contributed by atoms with Gasteiger partial charge in [-0.25, -0.2) is 9.78 Å². The Bertz CT molecular complexity index is 956. The molecule has 0 aliphatic rings. The van der Waals surface area contributed by atoms with Gasteiger partial charge in [0.15, 0.2) is 11.6 Å². The molecule has 0 radical (unpaired) electrons. The Labute approximate surface area is 131 Å². The number of nitrogens with zero attached hydrogens (tertiary/aromatic N) is 2. The van der Waals surface area contributed by atoms with Crippen LogP contribution in [-0.2, 0) is 0 Å². The van der Waals surface area contributed by atoms with Crippen molar-refractivity contribution in [1.82, 2.24) is 9.55 Å². The Balaban J connectivity index is 2.29. The molecule has 0 fully saturated rings. The number of fused-ring (bicyclic) bond motifs is 1. The molecule has 0 aliphatic carbocycles. The summed E-state index contributed by atoms with van der Waals surface area (Å²) in [7, 11) is 0. The van der Waals surface area contributed by atoms with Gasteiger partial charge in [0.25, 0.3) is 5.91 Å². The maximum Gasteiger partial charge on any atom is 0.336 e. The summed E-state index contributed by atoms with van der Waals surface area (Å²) in [6.07, 6.45) is 0. The van der Waals surface area contributed by atoms with Gasteiger partial charge in [-0.2, -0.15) is 0 Å². The number of Topliss-reactive ketones (excluding diaryl/α,β-unsaturated/α-hetero) is 1. The fourth-order valence-electron chi connectivity index (χ4n) is 2.44. The summed E-state index contributed by atoms with van der Waals surface area (Å²) >= 11 is 0. The molecule has 114 valence electrons. The van der Waals surface area contributed by atoms with Gasteiger partial charge in [0.05, 0.1) is 22.2 Å². The van der Waals surface area contributed by atoms with E-state index >= 15 is 0 Å². The lowest BCUT2D eigenvalue weighted by molar-refractivity contribution is 0.0691. The molecular formula is C17H12N2O4. The molecule has 3 aromatic rings. The van der Waals surface area contributed by atoms with Crippen molar-refractivity contribution in [2.24, 2.45) is 0 Å². The number of carboxylic acid groups (broad SMARTS) is 1. The highest BCUT2D eigenvalue weighted by Crippen LogP contribution is 2.20. The summed E-state index contributed by atoms with van der Waals surface area (Å²) in [4.78, 5) is 40.2. The Morgan fingerprint density at radius 1 is 0.957 bits per heavy atom. The number of hydrogen-bond donors (Lipinski definition) is 1. The predicted molar refractivity (Wildman–Crippen MR) is 82.9 cm³/mol. The third kappa shape index (κ3) is 2.40. The van der Waals surface area contributed by atoms with Gasteiger partial charge in [0.2, 0.25) is 0 Å². The molecule has 0 unspecified atom stereocenters. The number of carbonyl (C=O) groups is 3. The van der Waals surface area contributed by atoms with E-state index in [2.05, 4.69) is 4.98 Å². The van der Waals surface area contributed by atoms with E-state index < -0.39 is 11.9 Å². The quantitative estimate of drug-likeness (QED) is 0.751. The van der Waals surface area contributed by atoms with E-state index in [-0.39, 0.29) is 22.7 Å². The van der Waals surface area contributed by atoms with Gasteiger partial charge in [0, 0.05) is 6.92 Å². The molecule has 1 aromatic heterocycles. The van der Waals surface area contributed by atoms with Crippen LogP contribution in [0, 0.1) is 0 Å². The van der Waals surface area contributed by atoms with Gasteiger partial charge in [-0.3, -0.25) is 14.2 Å². The summed E-state index contributed by atoms with van der Waals surface area (Å²) in [6.45, 7) is 1.31. The first-order valence-corrected chi connectivity index (χ1v) is 6.86. The van der Waals surface area contributed by atoms with Crippen molar-refractivity contribution in [2.75, 3.05) is 0 Å². The number of rotatable bonds is 3. The molecule has 1 N–H and O–H groups in total. The highest BCUT2D eigenvalue weighted by molar-refractivity contribution is 6.11. The Morgan fingerprint density at radius 3 is 2.22 bits per heavy atom. The average molecular weight is 308 g/mol. The van der Waals surface area contributed by atoms with Gasteiger partial charge >= 0.3 is 5.97 Å². The third-order valence-electron chi connectivity index (χ3n) is 3.47. The lowest BCUT2D eigenvalue weighted by Gasteiger charge is -2.08. The molecule has 0 bridgehead atoms. The Kier molecular flexibility index (Phi) is 3.50. The second kappa shape index (κ2) is 5.49. The summed E-state index contributed by atoms with van der Waals surface area (Å²) in [5.74, 6) is -2.19. The first-order chi connectivity index (χ1) is 11.0. The van der Waals surface area contributed by atoms with Gasteiger partial charge in [-0.15, -0.1) is 0 Å². The van der Waals surface area contributed by atoms with Crippen LogP contribution in [0.5, 0.6) is 0 Å². The van der Waals surface area contributed by atoms with Crippen LogP contribution in [0.4, 0.5) is 0 Å². The molecule has 0 aliphatic heterocycles. The monoisotopic (exact) mass is 308 g/mol. The minimum atomic E-state index is -1.21. The average Bonchev–Trinajstić information content (AvgIpc) is 2.94. The highest BCUT2D eigenvalue weighted by atomic mass is 16.4. The maximum atomic E-state index is 12.9. The van der Waals surface area contributed by atoms with Crippen LogP contribution < -0.4 is 0 Å². The van der Waals surface area contributed by atoms with Crippen LogP contribution >= 0.6 is 0 Å². The number of ketones is 1. The minimum Gasteiger partial charge on any atom is -0.478 e. The van der Waals surface area contributed by atoms with E-state index in [1.165, 1.54) is 29.7 Å². The molecule has 6 heteroatoms. The molecule has 2 aromatic carbocycles. The fraction of sp³-hybridized carbons (Fsp3) is 0.0588. The van der Waals surface area contributed by atoms with Gasteiger partial charge in [-0.1, -0.05) is 24.3 Å². The van der Waals surface area contributed by atoms with Gasteiger partial charge in [0.1, 0.15) is 0 Å². The van der Waals surface area contributed by atoms with E-state index in [0.29, 0.717) is 11.0 Å². The van der Waals surface area contributed by atoms with E-state index in [1.807, 2.05) is 0 Å². The lowest BCUT2D eigenvalue weighted by Crippen LogP contribution is -2.20. The van der Waals surface area contributed by atoms with Crippen molar-refractivity contribution >= 4 is 28.7 Å². The summed E-state index contributed by atoms with van der Waals surface area (Å²) in [5.41, 5.74) is 0.845. The van der Waals surface area contributed by atoms with Crippen molar-refractivity contribution in [3.05, 3.63) is 65.5 Å². The fourth-order valence-corrected chi connectivity index (χ4v) is 2.44. The molecule has 0 spiro atoms. The van der Waals surface area contributed by atoms with E-state index in [0.717, 1.165) is 0 Å². The molecule has 23 heavy (non-hydrogen) atoms.